The quantitative estimate of drug-likeness (QED) is 0.174. The Balaban J connectivity index is 1.34. The molecule has 0 amide bonds. The Kier molecular flexibility index (Phi) is 7.33. The standard InChI is InChI=1S/C49H34N2O2/c1-5-19-35(20-6-1)50(36-21-7-2-8-22-36)43-31-17-29-41-47(43)53-48-42(49(41)39-27-13-15-33-45(39)52-46-34-16-14-28-40(46)49)30-18-32-44(48)51(37-23-9-3-10-24-37)38-25-11-4-12-26-38/h1-34H. The van der Waals surface area contributed by atoms with Gasteiger partial charge in [-0.05, 0) is 72.8 Å². The highest BCUT2D eigenvalue weighted by Gasteiger charge is 2.52. The molecule has 2 aliphatic rings. The van der Waals surface area contributed by atoms with Gasteiger partial charge in [0.2, 0.25) is 0 Å². The third-order valence-electron chi connectivity index (χ3n) is 10.3. The van der Waals surface area contributed by atoms with Crippen molar-refractivity contribution in [3.63, 3.8) is 0 Å². The molecule has 0 bridgehead atoms. The third kappa shape index (κ3) is 4.84. The second-order valence-electron chi connectivity index (χ2n) is 13.3. The molecule has 252 valence electrons. The van der Waals surface area contributed by atoms with Gasteiger partial charge in [0, 0.05) is 45.0 Å². The summed E-state index contributed by atoms with van der Waals surface area (Å²) in [4.78, 5) is 4.59. The van der Waals surface area contributed by atoms with E-state index in [1.807, 2.05) is 12.1 Å². The first-order valence-corrected chi connectivity index (χ1v) is 17.9. The zero-order chi connectivity index (χ0) is 35.2. The minimum atomic E-state index is -0.779. The van der Waals surface area contributed by atoms with E-state index in [1.54, 1.807) is 0 Å². The molecule has 0 radical (unpaired) electrons. The topological polar surface area (TPSA) is 24.9 Å². The molecule has 2 heterocycles. The Labute approximate surface area is 309 Å². The summed E-state index contributed by atoms with van der Waals surface area (Å²) in [5.41, 5.74) is 9.46. The Morgan fingerprint density at radius 2 is 0.604 bits per heavy atom. The van der Waals surface area contributed by atoms with Crippen molar-refractivity contribution in [2.45, 2.75) is 5.41 Å². The lowest BCUT2D eigenvalue weighted by Crippen LogP contribution is -2.37. The normalized spacial score (nSPS) is 13.0. The largest absolute Gasteiger partial charge is 0.457 e. The van der Waals surface area contributed by atoms with Gasteiger partial charge in [-0.3, -0.25) is 0 Å². The second-order valence-corrected chi connectivity index (χ2v) is 13.3. The van der Waals surface area contributed by atoms with Gasteiger partial charge in [-0.1, -0.05) is 133 Å². The molecule has 0 N–H and O–H groups in total. The van der Waals surface area contributed by atoms with Gasteiger partial charge in [-0.15, -0.1) is 0 Å². The van der Waals surface area contributed by atoms with E-state index < -0.39 is 5.41 Å². The fraction of sp³-hybridized carbons (Fsp3) is 0.0204. The van der Waals surface area contributed by atoms with Crippen LogP contribution < -0.4 is 19.3 Å². The lowest BCUT2D eigenvalue weighted by atomic mass is 9.62. The molecule has 0 saturated carbocycles. The third-order valence-corrected chi connectivity index (χ3v) is 10.3. The first-order valence-electron chi connectivity index (χ1n) is 17.9. The molecule has 0 aromatic heterocycles. The molecule has 2 aliphatic heterocycles. The molecule has 8 aromatic carbocycles. The van der Waals surface area contributed by atoms with Crippen LogP contribution >= 0.6 is 0 Å². The summed E-state index contributed by atoms with van der Waals surface area (Å²) >= 11 is 0. The van der Waals surface area contributed by atoms with Crippen molar-refractivity contribution in [3.05, 3.63) is 229 Å². The van der Waals surface area contributed by atoms with Gasteiger partial charge in [0.1, 0.15) is 11.5 Å². The van der Waals surface area contributed by atoms with E-state index >= 15 is 0 Å². The lowest BCUT2D eigenvalue weighted by molar-refractivity contribution is 0.400. The van der Waals surface area contributed by atoms with Crippen LogP contribution in [-0.4, -0.2) is 0 Å². The fourth-order valence-electron chi connectivity index (χ4n) is 8.19. The summed E-state index contributed by atoms with van der Waals surface area (Å²) in [6, 6.07) is 72.1. The Morgan fingerprint density at radius 3 is 0.981 bits per heavy atom. The van der Waals surface area contributed by atoms with Gasteiger partial charge in [0.15, 0.2) is 11.5 Å². The van der Waals surface area contributed by atoms with Crippen LogP contribution in [0.1, 0.15) is 22.3 Å². The molecule has 10 rings (SSSR count). The summed E-state index contributed by atoms with van der Waals surface area (Å²) in [7, 11) is 0. The molecule has 53 heavy (non-hydrogen) atoms. The number of ether oxygens (including phenoxy) is 2. The number of hydrogen-bond donors (Lipinski definition) is 0. The maximum Gasteiger partial charge on any atom is 0.156 e. The average molecular weight is 683 g/mol. The van der Waals surface area contributed by atoms with Crippen LogP contribution in [0.25, 0.3) is 0 Å². The van der Waals surface area contributed by atoms with Gasteiger partial charge >= 0.3 is 0 Å². The van der Waals surface area contributed by atoms with Crippen molar-refractivity contribution in [3.8, 4) is 23.0 Å². The number of nitrogens with zero attached hydrogens (tertiary/aromatic N) is 2. The Bertz CT molecular complexity index is 2310. The monoisotopic (exact) mass is 682 g/mol. The number of para-hydroxylation sites is 8. The molecular weight excluding hydrogens is 649 g/mol. The van der Waals surface area contributed by atoms with E-state index in [-0.39, 0.29) is 0 Å². The second kappa shape index (κ2) is 12.6. The highest BCUT2D eigenvalue weighted by atomic mass is 16.5. The predicted octanol–water partition coefficient (Wildman–Crippen LogP) is 13.2. The van der Waals surface area contributed by atoms with E-state index in [0.717, 1.165) is 79.4 Å². The first-order chi connectivity index (χ1) is 26.3. The van der Waals surface area contributed by atoms with Crippen LogP contribution in [0.3, 0.4) is 0 Å². The van der Waals surface area contributed by atoms with Gasteiger partial charge in [-0.25, -0.2) is 0 Å². The molecule has 0 saturated heterocycles. The first kappa shape index (κ1) is 30.8. The smallest absolute Gasteiger partial charge is 0.156 e. The number of fused-ring (bicyclic) bond motifs is 8. The van der Waals surface area contributed by atoms with Gasteiger partial charge in [-0.2, -0.15) is 0 Å². The van der Waals surface area contributed by atoms with E-state index in [9.17, 15) is 0 Å². The van der Waals surface area contributed by atoms with Crippen LogP contribution in [0.15, 0.2) is 206 Å². The molecule has 0 aliphatic carbocycles. The zero-order valence-corrected chi connectivity index (χ0v) is 28.8. The molecule has 0 fully saturated rings. The highest BCUT2D eigenvalue weighted by Crippen LogP contribution is 2.65. The van der Waals surface area contributed by atoms with Crippen LogP contribution in [0.5, 0.6) is 23.0 Å². The van der Waals surface area contributed by atoms with Crippen molar-refractivity contribution in [2.24, 2.45) is 0 Å². The van der Waals surface area contributed by atoms with Crippen LogP contribution in [0.4, 0.5) is 34.1 Å². The van der Waals surface area contributed by atoms with Crippen molar-refractivity contribution >= 4 is 34.1 Å². The maximum atomic E-state index is 7.52. The van der Waals surface area contributed by atoms with Crippen LogP contribution in [-0.2, 0) is 5.41 Å². The zero-order valence-electron chi connectivity index (χ0n) is 28.8. The number of anilines is 6. The average Bonchev–Trinajstić information content (AvgIpc) is 3.23. The van der Waals surface area contributed by atoms with E-state index in [2.05, 4.69) is 204 Å². The van der Waals surface area contributed by atoms with Crippen molar-refractivity contribution in [2.75, 3.05) is 9.80 Å². The molecule has 4 heteroatoms. The summed E-state index contributed by atoms with van der Waals surface area (Å²) in [6.45, 7) is 0. The molecular formula is C49H34N2O2. The van der Waals surface area contributed by atoms with E-state index in [0.29, 0.717) is 0 Å². The van der Waals surface area contributed by atoms with Crippen molar-refractivity contribution in [1.29, 1.82) is 0 Å². The minimum absolute atomic E-state index is 0.779. The maximum absolute atomic E-state index is 7.52. The van der Waals surface area contributed by atoms with Gasteiger partial charge in [0.25, 0.3) is 0 Å². The lowest BCUT2D eigenvalue weighted by Gasteiger charge is -2.46. The number of rotatable bonds is 6. The van der Waals surface area contributed by atoms with Crippen molar-refractivity contribution in [1.82, 2.24) is 0 Å². The molecule has 8 aromatic rings. The molecule has 4 nitrogen and oxygen atoms in total. The summed E-state index contributed by atoms with van der Waals surface area (Å²) in [5, 5.41) is 0. The van der Waals surface area contributed by atoms with Gasteiger partial charge < -0.3 is 19.3 Å². The molecule has 0 atom stereocenters. The SMILES string of the molecule is c1ccc(N(c2ccccc2)c2cccc3c2Oc2c(N(c4ccccc4)c4ccccc4)cccc2C32c3ccccc3Oc3ccccc32)cc1. The number of benzene rings is 8. The summed E-state index contributed by atoms with van der Waals surface area (Å²) < 4.78 is 14.2. The van der Waals surface area contributed by atoms with Crippen LogP contribution in [0.2, 0.25) is 0 Å². The van der Waals surface area contributed by atoms with E-state index in [1.165, 1.54) is 0 Å². The Hall–Kier alpha value is -7.04. The summed E-state index contributed by atoms with van der Waals surface area (Å²) in [5.74, 6) is 3.22. The predicted molar refractivity (Wildman–Crippen MR) is 214 cm³/mol. The molecule has 0 unspecified atom stereocenters. The van der Waals surface area contributed by atoms with Crippen molar-refractivity contribution < 1.29 is 9.47 Å². The Morgan fingerprint density at radius 1 is 0.283 bits per heavy atom. The number of hydrogen-bond acceptors (Lipinski definition) is 4. The highest BCUT2D eigenvalue weighted by molar-refractivity contribution is 5.89. The minimum Gasteiger partial charge on any atom is -0.457 e. The van der Waals surface area contributed by atoms with Gasteiger partial charge in [0.05, 0.1) is 16.8 Å². The molecule has 1 spiro atoms. The van der Waals surface area contributed by atoms with E-state index in [4.69, 9.17) is 9.47 Å². The fourth-order valence-corrected chi connectivity index (χ4v) is 8.19. The summed E-state index contributed by atoms with van der Waals surface area (Å²) in [6.07, 6.45) is 0. The van der Waals surface area contributed by atoms with Crippen LogP contribution in [0, 0.1) is 0 Å².